The van der Waals surface area contributed by atoms with Gasteiger partial charge in [-0.05, 0) is 19.2 Å². The average Bonchev–Trinajstić information content (AvgIpc) is 2.36. The van der Waals surface area contributed by atoms with E-state index in [4.69, 9.17) is 5.11 Å². The highest BCUT2D eigenvalue weighted by molar-refractivity contribution is 5.91. The van der Waals surface area contributed by atoms with Gasteiger partial charge in [-0.25, -0.2) is 0 Å². The molecule has 0 saturated heterocycles. The molecular formula is C13H17F3N2O2. The summed E-state index contributed by atoms with van der Waals surface area (Å²) in [6.45, 7) is 0.738. The van der Waals surface area contributed by atoms with Crippen molar-refractivity contribution in [3.63, 3.8) is 0 Å². The molecule has 7 heteroatoms. The first-order valence-corrected chi connectivity index (χ1v) is 6.10. The number of halogens is 3. The molecule has 0 aliphatic carbocycles. The minimum Gasteiger partial charge on any atom is -0.395 e. The molecule has 0 aliphatic rings. The van der Waals surface area contributed by atoms with Crippen molar-refractivity contribution < 1.29 is 23.1 Å². The average molecular weight is 290 g/mol. The van der Waals surface area contributed by atoms with Crippen LogP contribution in [-0.2, 0) is 11.0 Å². The molecular weight excluding hydrogens is 273 g/mol. The SMILES string of the molecule is CN(CCO)CCC(=O)Nc1ccccc1C(F)(F)F. The van der Waals surface area contributed by atoms with Crippen LogP contribution in [0.1, 0.15) is 12.0 Å². The van der Waals surface area contributed by atoms with E-state index in [1.165, 1.54) is 18.2 Å². The van der Waals surface area contributed by atoms with Crippen molar-refractivity contribution in [2.75, 3.05) is 32.1 Å². The van der Waals surface area contributed by atoms with Crippen LogP contribution < -0.4 is 5.32 Å². The molecule has 0 bridgehead atoms. The van der Waals surface area contributed by atoms with Crippen LogP contribution in [0.4, 0.5) is 18.9 Å². The van der Waals surface area contributed by atoms with E-state index in [2.05, 4.69) is 5.32 Å². The number of benzene rings is 1. The lowest BCUT2D eigenvalue weighted by atomic mass is 10.1. The van der Waals surface area contributed by atoms with Crippen molar-refractivity contribution in [1.29, 1.82) is 0 Å². The van der Waals surface area contributed by atoms with Gasteiger partial charge in [0.05, 0.1) is 17.9 Å². The maximum atomic E-state index is 12.7. The molecule has 0 heterocycles. The van der Waals surface area contributed by atoms with E-state index in [1.807, 2.05) is 0 Å². The summed E-state index contributed by atoms with van der Waals surface area (Å²) in [5.41, 5.74) is -1.10. The molecule has 1 aromatic rings. The fraction of sp³-hybridized carbons (Fsp3) is 0.462. The molecule has 0 saturated carbocycles. The number of amides is 1. The zero-order valence-corrected chi connectivity index (χ0v) is 11.1. The van der Waals surface area contributed by atoms with Crippen LogP contribution in [0.25, 0.3) is 0 Å². The maximum absolute atomic E-state index is 12.7. The maximum Gasteiger partial charge on any atom is 0.418 e. The fourth-order valence-corrected chi connectivity index (χ4v) is 1.63. The largest absolute Gasteiger partial charge is 0.418 e. The topological polar surface area (TPSA) is 52.6 Å². The lowest BCUT2D eigenvalue weighted by Crippen LogP contribution is -2.27. The summed E-state index contributed by atoms with van der Waals surface area (Å²) < 4.78 is 38.2. The van der Waals surface area contributed by atoms with Gasteiger partial charge in [-0.15, -0.1) is 0 Å². The van der Waals surface area contributed by atoms with Gasteiger partial charge in [-0.2, -0.15) is 13.2 Å². The van der Waals surface area contributed by atoms with Gasteiger partial charge in [0.15, 0.2) is 0 Å². The molecule has 1 aromatic carbocycles. The summed E-state index contributed by atoms with van der Waals surface area (Å²) in [5.74, 6) is -0.494. The molecule has 1 rings (SSSR count). The van der Waals surface area contributed by atoms with E-state index in [0.29, 0.717) is 13.1 Å². The summed E-state index contributed by atoms with van der Waals surface area (Å²) in [5, 5.41) is 11.0. The van der Waals surface area contributed by atoms with Crippen molar-refractivity contribution in [2.24, 2.45) is 0 Å². The molecule has 112 valence electrons. The smallest absolute Gasteiger partial charge is 0.395 e. The van der Waals surface area contributed by atoms with Crippen LogP contribution in [0.3, 0.4) is 0 Å². The van der Waals surface area contributed by atoms with Crippen molar-refractivity contribution in [3.8, 4) is 0 Å². The lowest BCUT2D eigenvalue weighted by molar-refractivity contribution is -0.137. The minimum absolute atomic E-state index is 0.0327. The van der Waals surface area contributed by atoms with Gasteiger partial charge in [0.1, 0.15) is 0 Å². The molecule has 0 aliphatic heterocycles. The number of hydrogen-bond donors (Lipinski definition) is 2. The third-order valence-corrected chi connectivity index (χ3v) is 2.71. The summed E-state index contributed by atoms with van der Waals surface area (Å²) in [6, 6.07) is 4.85. The number of alkyl halides is 3. The first kappa shape index (κ1) is 16.5. The van der Waals surface area contributed by atoms with Gasteiger partial charge in [-0.3, -0.25) is 4.79 Å². The number of carbonyl (C=O) groups excluding carboxylic acids is 1. The van der Waals surface area contributed by atoms with E-state index in [0.717, 1.165) is 6.07 Å². The molecule has 20 heavy (non-hydrogen) atoms. The summed E-state index contributed by atoms with van der Waals surface area (Å²) in [4.78, 5) is 13.4. The summed E-state index contributed by atoms with van der Waals surface area (Å²) >= 11 is 0. The quantitative estimate of drug-likeness (QED) is 0.842. The third kappa shape index (κ3) is 5.18. The Balaban J connectivity index is 2.63. The highest BCUT2D eigenvalue weighted by Gasteiger charge is 2.33. The second-order valence-electron chi connectivity index (χ2n) is 4.37. The number of nitrogens with one attached hydrogen (secondary N) is 1. The molecule has 0 radical (unpaired) electrons. The summed E-state index contributed by atoms with van der Waals surface area (Å²) in [7, 11) is 1.72. The number of aliphatic hydroxyl groups is 1. The van der Waals surface area contributed by atoms with Crippen molar-refractivity contribution in [1.82, 2.24) is 4.90 Å². The van der Waals surface area contributed by atoms with Crippen molar-refractivity contribution in [3.05, 3.63) is 29.8 Å². The Hall–Kier alpha value is -1.60. The molecule has 4 nitrogen and oxygen atoms in total. The highest BCUT2D eigenvalue weighted by Crippen LogP contribution is 2.34. The van der Waals surface area contributed by atoms with Crippen molar-refractivity contribution >= 4 is 11.6 Å². The molecule has 0 unspecified atom stereocenters. The number of rotatable bonds is 6. The number of carbonyl (C=O) groups is 1. The van der Waals surface area contributed by atoms with Crippen LogP contribution in [-0.4, -0.2) is 42.7 Å². The van der Waals surface area contributed by atoms with Crippen LogP contribution >= 0.6 is 0 Å². The second kappa shape index (κ2) is 7.25. The number of hydrogen-bond acceptors (Lipinski definition) is 3. The fourth-order valence-electron chi connectivity index (χ4n) is 1.63. The van der Waals surface area contributed by atoms with Gasteiger partial charge >= 0.3 is 6.18 Å². The number of aliphatic hydroxyl groups excluding tert-OH is 1. The molecule has 0 atom stereocenters. The molecule has 2 N–H and O–H groups in total. The Kier molecular flexibility index (Phi) is 5.97. The first-order chi connectivity index (χ1) is 9.34. The van der Waals surface area contributed by atoms with Gasteiger partial charge in [0.25, 0.3) is 0 Å². The van der Waals surface area contributed by atoms with Gasteiger partial charge in [0.2, 0.25) is 5.91 Å². The zero-order chi connectivity index (χ0) is 15.2. The van der Waals surface area contributed by atoms with Gasteiger partial charge in [-0.1, -0.05) is 12.1 Å². The molecule has 0 spiro atoms. The summed E-state index contributed by atoms with van der Waals surface area (Å²) in [6.07, 6.45) is -4.44. The first-order valence-electron chi connectivity index (χ1n) is 6.10. The van der Waals surface area contributed by atoms with Crippen LogP contribution in [0, 0.1) is 0 Å². The second-order valence-corrected chi connectivity index (χ2v) is 4.37. The number of anilines is 1. The molecule has 0 aromatic heterocycles. The number of para-hydroxylation sites is 1. The Morgan fingerprint density at radius 3 is 2.55 bits per heavy atom. The van der Waals surface area contributed by atoms with E-state index >= 15 is 0 Å². The standard InChI is InChI=1S/C13H17F3N2O2/c1-18(8-9-19)7-6-12(20)17-11-5-3-2-4-10(11)13(14,15)16/h2-5,19H,6-9H2,1H3,(H,17,20). The van der Waals surface area contributed by atoms with E-state index in [-0.39, 0.29) is 18.7 Å². The van der Waals surface area contributed by atoms with Crippen LogP contribution in [0.2, 0.25) is 0 Å². The number of nitrogens with zero attached hydrogens (tertiary/aromatic N) is 1. The highest BCUT2D eigenvalue weighted by atomic mass is 19.4. The normalized spacial score (nSPS) is 11.7. The predicted octanol–water partition coefficient (Wildman–Crippen LogP) is 1.96. The Morgan fingerprint density at radius 1 is 1.30 bits per heavy atom. The molecule has 0 fully saturated rings. The van der Waals surface area contributed by atoms with Crippen LogP contribution in [0.15, 0.2) is 24.3 Å². The van der Waals surface area contributed by atoms with Gasteiger partial charge < -0.3 is 15.3 Å². The van der Waals surface area contributed by atoms with Crippen LogP contribution in [0.5, 0.6) is 0 Å². The Morgan fingerprint density at radius 2 is 1.95 bits per heavy atom. The molecule has 1 amide bonds. The van der Waals surface area contributed by atoms with Crippen molar-refractivity contribution in [2.45, 2.75) is 12.6 Å². The Bertz CT molecular complexity index is 449. The zero-order valence-electron chi connectivity index (χ0n) is 11.1. The minimum atomic E-state index is -4.50. The van der Waals surface area contributed by atoms with Gasteiger partial charge in [0, 0.05) is 19.5 Å². The van der Waals surface area contributed by atoms with E-state index in [1.54, 1.807) is 11.9 Å². The van der Waals surface area contributed by atoms with E-state index < -0.39 is 17.6 Å². The Labute approximate surface area is 115 Å². The van der Waals surface area contributed by atoms with E-state index in [9.17, 15) is 18.0 Å². The number of likely N-dealkylation sites (N-methyl/N-ethyl adjacent to an activating group) is 1. The third-order valence-electron chi connectivity index (χ3n) is 2.71. The monoisotopic (exact) mass is 290 g/mol. The predicted molar refractivity (Wildman–Crippen MR) is 69.3 cm³/mol. The lowest BCUT2D eigenvalue weighted by Gasteiger charge is -2.16.